The van der Waals surface area contributed by atoms with Crippen LogP contribution in [-0.2, 0) is 11.4 Å². The molecule has 3 aromatic rings. The summed E-state index contributed by atoms with van der Waals surface area (Å²) in [7, 11) is 0. The van der Waals surface area contributed by atoms with Crippen LogP contribution in [0.25, 0.3) is 6.08 Å². The van der Waals surface area contributed by atoms with Crippen molar-refractivity contribution in [1.29, 1.82) is 5.26 Å². The highest BCUT2D eigenvalue weighted by molar-refractivity contribution is 9.10. The van der Waals surface area contributed by atoms with Gasteiger partial charge in [-0.05, 0) is 65.2 Å². The number of hydrogen-bond donors (Lipinski definition) is 1. The summed E-state index contributed by atoms with van der Waals surface area (Å²) in [6, 6.07) is 15.4. The lowest BCUT2D eigenvalue weighted by Crippen LogP contribution is -2.14. The van der Waals surface area contributed by atoms with E-state index in [1.807, 2.05) is 6.07 Å². The van der Waals surface area contributed by atoms with Crippen LogP contribution in [-0.4, -0.2) is 17.4 Å². The molecule has 0 aromatic heterocycles. The minimum absolute atomic E-state index is 0.0328. The molecule has 0 aliphatic heterocycles. The molecule has 0 fully saturated rings. The second kappa shape index (κ2) is 12.0. The number of ether oxygens (including phenoxy) is 2. The van der Waals surface area contributed by atoms with Crippen LogP contribution >= 0.6 is 15.9 Å². The Morgan fingerprint density at radius 1 is 1.22 bits per heavy atom. The summed E-state index contributed by atoms with van der Waals surface area (Å²) in [6.07, 6.45) is 1.36. The number of aryl methyl sites for hydroxylation is 1. The molecule has 8 nitrogen and oxygen atoms in total. The number of anilines is 1. The number of nitrogens with one attached hydrogen (secondary N) is 1. The van der Waals surface area contributed by atoms with Gasteiger partial charge in [0.05, 0.1) is 21.7 Å². The van der Waals surface area contributed by atoms with E-state index in [-0.39, 0.29) is 23.6 Å². The SMILES string of the molecule is CCOc1cc(/C=C(\C#N)C(=O)Nc2cc([N+](=O)[O-])ccc2C)cc(Br)c1OCc1ccccc1F. The monoisotopic (exact) mass is 553 g/mol. The van der Waals surface area contributed by atoms with Gasteiger partial charge in [0, 0.05) is 17.7 Å². The van der Waals surface area contributed by atoms with Gasteiger partial charge in [0.1, 0.15) is 24.1 Å². The third-order valence-electron chi connectivity index (χ3n) is 5.02. The molecule has 3 rings (SSSR count). The highest BCUT2D eigenvalue weighted by atomic mass is 79.9. The minimum atomic E-state index is -0.727. The summed E-state index contributed by atoms with van der Waals surface area (Å²) < 4.78 is 25.9. The Balaban J connectivity index is 1.88. The molecule has 3 aromatic carbocycles. The van der Waals surface area contributed by atoms with Crippen molar-refractivity contribution >= 4 is 39.3 Å². The number of nitrogens with zero attached hydrogens (tertiary/aromatic N) is 2. The van der Waals surface area contributed by atoms with E-state index in [2.05, 4.69) is 21.2 Å². The number of amides is 1. The third kappa shape index (κ3) is 6.46. The molecule has 36 heavy (non-hydrogen) atoms. The maximum absolute atomic E-state index is 14.0. The Bertz CT molecular complexity index is 1380. The Hall–Kier alpha value is -4.23. The van der Waals surface area contributed by atoms with Gasteiger partial charge in [-0.3, -0.25) is 14.9 Å². The van der Waals surface area contributed by atoms with Crippen LogP contribution in [0.1, 0.15) is 23.6 Å². The number of carbonyl (C=O) groups is 1. The largest absolute Gasteiger partial charge is 0.490 e. The van der Waals surface area contributed by atoms with Crippen molar-refractivity contribution in [2.24, 2.45) is 0 Å². The highest BCUT2D eigenvalue weighted by Gasteiger charge is 2.17. The van der Waals surface area contributed by atoms with E-state index in [0.29, 0.717) is 39.3 Å². The fourth-order valence-electron chi connectivity index (χ4n) is 3.20. The van der Waals surface area contributed by atoms with Crippen LogP contribution in [0.5, 0.6) is 11.5 Å². The lowest BCUT2D eigenvalue weighted by atomic mass is 10.1. The number of nitro groups is 1. The van der Waals surface area contributed by atoms with Gasteiger partial charge in [0.15, 0.2) is 11.5 Å². The molecule has 1 amide bonds. The van der Waals surface area contributed by atoms with Gasteiger partial charge in [-0.25, -0.2) is 4.39 Å². The first-order valence-electron chi connectivity index (χ1n) is 10.7. The van der Waals surface area contributed by atoms with Crippen molar-refractivity contribution in [1.82, 2.24) is 0 Å². The van der Waals surface area contributed by atoms with Gasteiger partial charge in [0.2, 0.25) is 0 Å². The van der Waals surface area contributed by atoms with E-state index in [1.54, 1.807) is 44.2 Å². The van der Waals surface area contributed by atoms with Crippen molar-refractivity contribution in [2.75, 3.05) is 11.9 Å². The maximum Gasteiger partial charge on any atom is 0.271 e. The second-order valence-electron chi connectivity index (χ2n) is 7.52. The quantitative estimate of drug-likeness (QED) is 0.143. The first kappa shape index (κ1) is 26.4. The predicted molar refractivity (Wildman–Crippen MR) is 136 cm³/mol. The highest BCUT2D eigenvalue weighted by Crippen LogP contribution is 2.38. The summed E-state index contributed by atoms with van der Waals surface area (Å²) in [5.41, 5.74) is 1.25. The minimum Gasteiger partial charge on any atom is -0.490 e. The molecular weight excluding hydrogens is 533 g/mol. The smallest absolute Gasteiger partial charge is 0.271 e. The van der Waals surface area contributed by atoms with Gasteiger partial charge < -0.3 is 14.8 Å². The number of halogens is 2. The number of rotatable bonds is 9. The van der Waals surface area contributed by atoms with Gasteiger partial charge in [-0.2, -0.15) is 5.26 Å². The number of nitro benzene ring substituents is 1. The number of non-ortho nitro benzene ring substituents is 1. The van der Waals surface area contributed by atoms with Crippen LogP contribution in [0.4, 0.5) is 15.8 Å². The number of benzene rings is 3. The van der Waals surface area contributed by atoms with E-state index in [4.69, 9.17) is 9.47 Å². The van der Waals surface area contributed by atoms with Crippen molar-refractivity contribution in [3.63, 3.8) is 0 Å². The van der Waals surface area contributed by atoms with Crippen molar-refractivity contribution in [2.45, 2.75) is 20.5 Å². The summed E-state index contributed by atoms with van der Waals surface area (Å²) in [6.45, 7) is 3.75. The fraction of sp³-hybridized carbons (Fsp3) is 0.154. The Morgan fingerprint density at radius 2 is 1.97 bits per heavy atom. The zero-order valence-corrected chi connectivity index (χ0v) is 21.0. The summed E-state index contributed by atoms with van der Waals surface area (Å²) in [4.78, 5) is 23.2. The molecule has 0 saturated heterocycles. The van der Waals surface area contributed by atoms with Crippen molar-refractivity contribution in [3.05, 3.63) is 97.3 Å². The molecule has 0 atom stereocenters. The molecule has 0 aliphatic rings. The molecule has 0 saturated carbocycles. The van der Waals surface area contributed by atoms with Crippen molar-refractivity contribution < 1.29 is 23.6 Å². The normalized spacial score (nSPS) is 10.9. The van der Waals surface area contributed by atoms with Crippen LogP contribution in [0.15, 0.2) is 64.6 Å². The first-order chi connectivity index (χ1) is 17.2. The van der Waals surface area contributed by atoms with E-state index in [0.717, 1.165) is 0 Å². The van der Waals surface area contributed by atoms with Crippen LogP contribution in [0.2, 0.25) is 0 Å². The molecule has 0 aliphatic carbocycles. The average Bonchev–Trinajstić information content (AvgIpc) is 2.84. The second-order valence-corrected chi connectivity index (χ2v) is 8.38. The molecule has 0 heterocycles. The number of nitriles is 1. The van der Waals surface area contributed by atoms with Crippen LogP contribution < -0.4 is 14.8 Å². The number of hydrogen-bond acceptors (Lipinski definition) is 6. The fourth-order valence-corrected chi connectivity index (χ4v) is 3.78. The predicted octanol–water partition coefficient (Wildman–Crippen LogP) is 6.33. The van der Waals surface area contributed by atoms with Gasteiger partial charge in [0.25, 0.3) is 11.6 Å². The average molecular weight is 554 g/mol. The summed E-state index contributed by atoms with van der Waals surface area (Å²) >= 11 is 3.42. The molecule has 0 unspecified atom stereocenters. The van der Waals surface area contributed by atoms with E-state index >= 15 is 0 Å². The summed E-state index contributed by atoms with van der Waals surface area (Å²) in [5.74, 6) is -0.445. The topological polar surface area (TPSA) is 114 Å². The maximum atomic E-state index is 14.0. The van der Waals surface area contributed by atoms with Gasteiger partial charge >= 0.3 is 0 Å². The molecule has 0 bridgehead atoms. The lowest BCUT2D eigenvalue weighted by Gasteiger charge is -2.15. The number of carbonyl (C=O) groups excluding carboxylic acids is 1. The zero-order chi connectivity index (χ0) is 26.2. The zero-order valence-electron chi connectivity index (χ0n) is 19.4. The lowest BCUT2D eigenvalue weighted by molar-refractivity contribution is -0.384. The molecule has 1 N–H and O–H groups in total. The Morgan fingerprint density at radius 3 is 2.64 bits per heavy atom. The molecule has 184 valence electrons. The van der Waals surface area contributed by atoms with Gasteiger partial charge in [-0.1, -0.05) is 24.3 Å². The standard InChI is InChI=1S/C26H21BrFN3O5/c1-3-35-24-12-17(11-21(27)25(24)36-15-18-6-4-5-7-22(18)28)10-19(14-29)26(32)30-23-13-20(31(33)34)9-8-16(23)2/h4-13H,3,15H2,1-2H3,(H,30,32)/b19-10+. The molecular formula is C26H21BrFN3O5. The summed E-state index contributed by atoms with van der Waals surface area (Å²) in [5, 5.41) is 23.2. The molecule has 0 radical (unpaired) electrons. The van der Waals surface area contributed by atoms with E-state index in [1.165, 1.54) is 30.3 Å². The van der Waals surface area contributed by atoms with Gasteiger partial charge in [-0.15, -0.1) is 0 Å². The van der Waals surface area contributed by atoms with Crippen molar-refractivity contribution in [3.8, 4) is 17.6 Å². The molecule has 10 heteroatoms. The van der Waals surface area contributed by atoms with Crippen LogP contribution in [0.3, 0.4) is 0 Å². The van der Waals surface area contributed by atoms with E-state index < -0.39 is 16.6 Å². The first-order valence-corrected chi connectivity index (χ1v) is 11.5. The molecule has 0 spiro atoms. The Kier molecular flexibility index (Phi) is 8.76. The third-order valence-corrected chi connectivity index (χ3v) is 5.61. The Labute approximate surface area is 215 Å². The van der Waals surface area contributed by atoms with Crippen LogP contribution in [0, 0.1) is 34.2 Å². The van der Waals surface area contributed by atoms with E-state index in [9.17, 15) is 24.6 Å².